The first-order chi connectivity index (χ1) is 11.8. The van der Waals surface area contributed by atoms with E-state index in [1.54, 1.807) is 25.5 Å². The van der Waals surface area contributed by atoms with Gasteiger partial charge in [-0.1, -0.05) is 0 Å². The van der Waals surface area contributed by atoms with E-state index >= 15 is 0 Å². The van der Waals surface area contributed by atoms with Crippen molar-refractivity contribution in [2.75, 3.05) is 20.2 Å². The highest BCUT2D eigenvalue weighted by molar-refractivity contribution is 5.91. The van der Waals surface area contributed by atoms with Crippen molar-refractivity contribution in [3.8, 4) is 11.5 Å². The highest BCUT2D eigenvalue weighted by Crippen LogP contribution is 2.31. The molecule has 1 saturated heterocycles. The van der Waals surface area contributed by atoms with Gasteiger partial charge in [-0.15, -0.1) is 0 Å². The normalized spacial score (nSPS) is 19.0. The van der Waals surface area contributed by atoms with Crippen LogP contribution >= 0.6 is 0 Å². The van der Waals surface area contributed by atoms with Crippen molar-refractivity contribution in [1.29, 1.82) is 0 Å². The number of hydrogen-bond donors (Lipinski definition) is 0. The lowest BCUT2D eigenvalue weighted by Gasteiger charge is -2.25. The van der Waals surface area contributed by atoms with Crippen LogP contribution in [0.1, 0.15) is 50.6 Å². The Kier molecular flexibility index (Phi) is 5.72. The van der Waals surface area contributed by atoms with E-state index in [1.807, 2.05) is 11.0 Å². The average molecular weight is 330 g/mol. The summed E-state index contributed by atoms with van der Waals surface area (Å²) in [5, 5.41) is 0. The van der Waals surface area contributed by atoms with Crippen molar-refractivity contribution in [2.45, 2.75) is 51.0 Å². The molecule has 0 atom stereocenters. The average Bonchev–Trinajstić information content (AvgIpc) is 3.13. The van der Waals surface area contributed by atoms with Crippen LogP contribution in [-0.2, 0) is 4.79 Å². The van der Waals surface area contributed by atoms with E-state index < -0.39 is 0 Å². The second-order valence-corrected chi connectivity index (χ2v) is 6.50. The number of amides is 1. The van der Waals surface area contributed by atoms with Gasteiger partial charge in [0.1, 0.15) is 0 Å². The smallest absolute Gasteiger partial charge is 0.246 e. The van der Waals surface area contributed by atoms with E-state index in [0.29, 0.717) is 17.2 Å². The lowest BCUT2D eigenvalue weighted by Crippen LogP contribution is -2.34. The van der Waals surface area contributed by atoms with Gasteiger partial charge in [-0.25, -0.2) is 0 Å². The molecule has 1 aromatic heterocycles. The van der Waals surface area contributed by atoms with E-state index in [9.17, 15) is 4.79 Å². The van der Waals surface area contributed by atoms with Gasteiger partial charge in [0.2, 0.25) is 5.91 Å². The summed E-state index contributed by atoms with van der Waals surface area (Å²) in [7, 11) is 1.62. The summed E-state index contributed by atoms with van der Waals surface area (Å²) in [4.78, 5) is 18.5. The number of nitrogens with zero attached hydrogens (tertiary/aromatic N) is 2. The van der Waals surface area contributed by atoms with Gasteiger partial charge in [-0.2, -0.15) is 0 Å². The zero-order valence-corrected chi connectivity index (χ0v) is 14.4. The number of piperidine rings is 1. The zero-order valence-electron chi connectivity index (χ0n) is 14.4. The molecule has 0 spiro atoms. The fourth-order valence-corrected chi connectivity index (χ4v) is 3.34. The molecule has 24 heavy (non-hydrogen) atoms. The standard InChI is InChI=1S/C19H26N2O3/c1-23-18-14-20-15(13-17(18)24-16-7-3-4-8-16)9-10-19(22)21-11-5-2-6-12-21/h9-10,13-14,16H,2-8,11-12H2,1H3/b10-9+. The zero-order chi connectivity index (χ0) is 16.8. The van der Waals surface area contributed by atoms with Crippen LogP contribution in [0.4, 0.5) is 0 Å². The highest BCUT2D eigenvalue weighted by atomic mass is 16.5. The first kappa shape index (κ1) is 16.8. The lowest BCUT2D eigenvalue weighted by molar-refractivity contribution is -0.126. The van der Waals surface area contributed by atoms with Crippen molar-refractivity contribution < 1.29 is 14.3 Å². The molecule has 3 rings (SSSR count). The number of carbonyl (C=O) groups excluding carboxylic acids is 1. The van der Waals surface area contributed by atoms with Gasteiger partial charge >= 0.3 is 0 Å². The number of aromatic nitrogens is 1. The molecule has 2 heterocycles. The number of methoxy groups -OCH3 is 1. The Balaban J connectivity index is 1.68. The van der Waals surface area contributed by atoms with Crippen molar-refractivity contribution in [1.82, 2.24) is 9.88 Å². The Labute approximate surface area is 143 Å². The van der Waals surface area contributed by atoms with Crippen LogP contribution in [0.2, 0.25) is 0 Å². The van der Waals surface area contributed by atoms with Crippen LogP contribution in [-0.4, -0.2) is 42.1 Å². The van der Waals surface area contributed by atoms with Gasteiger partial charge in [0.25, 0.3) is 0 Å². The maximum Gasteiger partial charge on any atom is 0.246 e. The summed E-state index contributed by atoms with van der Waals surface area (Å²) in [5.41, 5.74) is 0.717. The minimum absolute atomic E-state index is 0.0607. The topological polar surface area (TPSA) is 51.7 Å². The molecule has 1 saturated carbocycles. The number of pyridine rings is 1. The summed E-state index contributed by atoms with van der Waals surface area (Å²) in [6.45, 7) is 1.71. The number of likely N-dealkylation sites (tertiary alicyclic amines) is 1. The molecule has 1 aliphatic carbocycles. The third-order valence-corrected chi connectivity index (χ3v) is 4.73. The van der Waals surface area contributed by atoms with E-state index in [0.717, 1.165) is 38.8 Å². The number of carbonyl (C=O) groups is 1. The third kappa shape index (κ3) is 4.28. The molecule has 0 radical (unpaired) electrons. The van der Waals surface area contributed by atoms with E-state index in [-0.39, 0.29) is 12.0 Å². The minimum atomic E-state index is 0.0607. The number of rotatable bonds is 5. The number of hydrogen-bond acceptors (Lipinski definition) is 4. The molecular weight excluding hydrogens is 304 g/mol. The van der Waals surface area contributed by atoms with Gasteiger partial charge in [-0.3, -0.25) is 9.78 Å². The van der Waals surface area contributed by atoms with Crippen LogP contribution in [0.25, 0.3) is 6.08 Å². The summed E-state index contributed by atoms with van der Waals surface area (Å²) in [6, 6.07) is 1.86. The third-order valence-electron chi connectivity index (χ3n) is 4.73. The fraction of sp³-hybridized carbons (Fsp3) is 0.579. The molecule has 1 aromatic rings. The molecule has 0 aromatic carbocycles. The molecule has 0 unspecified atom stereocenters. The number of ether oxygens (including phenoxy) is 2. The van der Waals surface area contributed by atoms with Gasteiger partial charge in [0, 0.05) is 25.2 Å². The summed E-state index contributed by atoms with van der Waals surface area (Å²) in [6.07, 6.45) is 13.3. The van der Waals surface area contributed by atoms with Crippen LogP contribution < -0.4 is 9.47 Å². The Morgan fingerprint density at radius 1 is 1.17 bits per heavy atom. The molecule has 1 amide bonds. The van der Waals surface area contributed by atoms with E-state index in [1.165, 1.54) is 19.3 Å². The van der Waals surface area contributed by atoms with Gasteiger partial charge in [-0.05, 0) is 51.0 Å². The molecule has 0 N–H and O–H groups in total. The van der Waals surface area contributed by atoms with Crippen LogP contribution in [0.3, 0.4) is 0 Å². The Morgan fingerprint density at radius 3 is 2.62 bits per heavy atom. The van der Waals surface area contributed by atoms with E-state index in [4.69, 9.17) is 9.47 Å². The SMILES string of the molecule is COc1cnc(/C=C/C(=O)N2CCCCC2)cc1OC1CCCC1. The molecule has 2 fully saturated rings. The lowest BCUT2D eigenvalue weighted by atomic mass is 10.1. The van der Waals surface area contributed by atoms with Crippen molar-refractivity contribution in [3.05, 3.63) is 24.0 Å². The molecule has 2 aliphatic rings. The maximum atomic E-state index is 12.2. The molecular formula is C19H26N2O3. The van der Waals surface area contributed by atoms with E-state index in [2.05, 4.69) is 4.98 Å². The first-order valence-electron chi connectivity index (χ1n) is 8.94. The largest absolute Gasteiger partial charge is 0.491 e. The van der Waals surface area contributed by atoms with Crippen molar-refractivity contribution in [3.63, 3.8) is 0 Å². The Hall–Kier alpha value is -2.04. The summed E-state index contributed by atoms with van der Waals surface area (Å²) >= 11 is 0. The van der Waals surface area contributed by atoms with Crippen LogP contribution in [0.15, 0.2) is 18.3 Å². The fourth-order valence-electron chi connectivity index (χ4n) is 3.34. The Morgan fingerprint density at radius 2 is 1.92 bits per heavy atom. The molecule has 130 valence electrons. The van der Waals surface area contributed by atoms with Gasteiger partial charge < -0.3 is 14.4 Å². The van der Waals surface area contributed by atoms with Crippen molar-refractivity contribution in [2.24, 2.45) is 0 Å². The first-order valence-corrected chi connectivity index (χ1v) is 8.94. The van der Waals surface area contributed by atoms with Crippen LogP contribution in [0, 0.1) is 0 Å². The summed E-state index contributed by atoms with van der Waals surface area (Å²) < 4.78 is 11.4. The molecule has 5 nitrogen and oxygen atoms in total. The Bertz CT molecular complexity index is 588. The summed E-state index contributed by atoms with van der Waals surface area (Å²) in [5.74, 6) is 1.41. The molecule has 5 heteroatoms. The minimum Gasteiger partial charge on any atom is -0.491 e. The highest BCUT2D eigenvalue weighted by Gasteiger charge is 2.19. The van der Waals surface area contributed by atoms with Crippen LogP contribution in [0.5, 0.6) is 11.5 Å². The van der Waals surface area contributed by atoms with Gasteiger partial charge in [0.05, 0.1) is 25.1 Å². The second-order valence-electron chi connectivity index (χ2n) is 6.50. The van der Waals surface area contributed by atoms with Crippen molar-refractivity contribution >= 4 is 12.0 Å². The predicted octanol–water partition coefficient (Wildman–Crippen LogP) is 3.44. The predicted molar refractivity (Wildman–Crippen MR) is 93.1 cm³/mol. The quantitative estimate of drug-likeness (QED) is 0.776. The molecule has 0 bridgehead atoms. The van der Waals surface area contributed by atoms with Gasteiger partial charge in [0.15, 0.2) is 11.5 Å². The maximum absolute atomic E-state index is 12.2. The monoisotopic (exact) mass is 330 g/mol. The second kappa shape index (κ2) is 8.18. The molecule has 1 aliphatic heterocycles.